The number of unbranched alkanes of at least 4 members (excludes halogenated alkanes) is 2. The van der Waals surface area contributed by atoms with Crippen molar-refractivity contribution >= 4 is 112 Å². The Morgan fingerprint density at radius 2 is 0.947 bits per heavy atom. The van der Waals surface area contributed by atoms with Gasteiger partial charge in [-0.1, -0.05) is 86.8 Å². The SMILES string of the molecule is CN[C@@H](C)C(=O)N[C@H]1CN(C(=O)CCCCCC(=O)N2C[C@H](NC(=O)[C@H](C)NC)C(=O)N(Cc3c(OC)ccc4cc(Br)ccc34)c3ccccc32)c2ccccc2N(Cc2c(OC)ccc3cc(Br)ccc23)C1=O. The minimum absolute atomic E-state index is 0.0924. The summed E-state index contributed by atoms with van der Waals surface area (Å²) in [6.45, 7) is 3.37. The summed E-state index contributed by atoms with van der Waals surface area (Å²) < 4.78 is 13.5. The number of anilines is 4. The summed E-state index contributed by atoms with van der Waals surface area (Å²) in [5.74, 6) is -0.881. The highest BCUT2D eigenvalue weighted by Crippen LogP contribution is 2.40. The van der Waals surface area contributed by atoms with Crippen LogP contribution in [-0.4, -0.2) is 101 Å². The highest BCUT2D eigenvalue weighted by Gasteiger charge is 2.40. The minimum Gasteiger partial charge on any atom is -0.496 e. The van der Waals surface area contributed by atoms with Gasteiger partial charge in [-0.3, -0.25) is 28.8 Å². The zero-order valence-electron chi connectivity index (χ0n) is 42.9. The molecule has 4 N–H and O–H groups in total. The summed E-state index contributed by atoms with van der Waals surface area (Å²) >= 11 is 7.14. The molecule has 18 heteroatoms. The van der Waals surface area contributed by atoms with Gasteiger partial charge in [0, 0.05) is 32.9 Å². The lowest BCUT2D eigenvalue weighted by molar-refractivity contribution is -0.128. The first-order valence-corrected chi connectivity index (χ1v) is 26.6. The molecule has 2 aliphatic rings. The smallest absolute Gasteiger partial charge is 0.251 e. The maximum absolute atomic E-state index is 14.8. The van der Waals surface area contributed by atoms with Gasteiger partial charge in [-0.2, -0.15) is 0 Å². The first-order valence-electron chi connectivity index (χ1n) is 25.0. The van der Waals surface area contributed by atoms with Gasteiger partial charge in [-0.05, 0) is 123 Å². The van der Waals surface area contributed by atoms with Crippen LogP contribution in [0.2, 0.25) is 0 Å². The summed E-state index contributed by atoms with van der Waals surface area (Å²) in [6, 6.07) is 30.5. The van der Waals surface area contributed by atoms with E-state index in [1.807, 2.05) is 97.1 Å². The highest BCUT2D eigenvalue weighted by atomic mass is 79.9. The molecule has 2 heterocycles. The number of nitrogens with one attached hydrogen (secondary N) is 4. The standard InChI is InChI=1S/C57H62Br2N8O8/c1-34(60-3)54(70)62-44-32-64(46-14-10-12-16-48(46)66(56(44)72)30-42-40-24-22-38(58)28-36(40)20-26-50(42)74-5)52(68)18-8-7-9-19-53(69)65-33-45(63-55(71)35(2)61-4)57(73)67(49-17-13-11-15-47(49)65)31-43-41-25-23-39(59)29-37(41)21-27-51(43)75-6/h10-17,20-29,34-35,44-45,60-61H,7-9,18-19,30-33H2,1-6H3,(H,62,70)(H,63,71)/t34-,35-,44-,45-/m0/s1. The van der Waals surface area contributed by atoms with Gasteiger partial charge in [0.1, 0.15) is 23.6 Å². The summed E-state index contributed by atoms with van der Waals surface area (Å²) in [6.07, 6.45) is 1.54. The quantitative estimate of drug-likeness (QED) is 0.0614. The Labute approximate surface area is 453 Å². The normalized spacial score (nSPS) is 16.4. The Balaban J connectivity index is 1.02. The Hall–Kier alpha value is -6.86. The van der Waals surface area contributed by atoms with Crippen LogP contribution in [0.5, 0.6) is 11.5 Å². The van der Waals surface area contributed by atoms with E-state index < -0.39 is 36.0 Å². The van der Waals surface area contributed by atoms with E-state index in [0.29, 0.717) is 53.5 Å². The fourth-order valence-corrected chi connectivity index (χ4v) is 10.5. The number of carbonyl (C=O) groups is 6. The van der Waals surface area contributed by atoms with Crippen LogP contribution < -0.4 is 50.3 Å². The Kier molecular flexibility index (Phi) is 17.6. The summed E-state index contributed by atoms with van der Waals surface area (Å²) in [7, 11) is 6.48. The van der Waals surface area contributed by atoms with Crippen LogP contribution in [-0.2, 0) is 41.9 Å². The third-order valence-corrected chi connectivity index (χ3v) is 15.1. The molecule has 8 rings (SSSR count). The van der Waals surface area contributed by atoms with Crippen molar-refractivity contribution in [2.24, 2.45) is 0 Å². The number of likely N-dealkylation sites (N-methyl/N-ethyl adjacent to an activating group) is 2. The molecule has 75 heavy (non-hydrogen) atoms. The van der Waals surface area contributed by atoms with E-state index in [4.69, 9.17) is 9.47 Å². The number of ether oxygens (including phenoxy) is 2. The molecule has 0 spiro atoms. The summed E-state index contributed by atoms with van der Waals surface area (Å²) in [4.78, 5) is 92.1. The molecule has 0 saturated carbocycles. The topological polar surface area (TPSA) is 182 Å². The van der Waals surface area contributed by atoms with Crippen LogP contribution in [0, 0.1) is 0 Å². The van der Waals surface area contributed by atoms with Crippen LogP contribution in [0.15, 0.2) is 118 Å². The molecule has 0 saturated heterocycles. The van der Waals surface area contributed by atoms with Gasteiger partial charge in [0.15, 0.2) is 0 Å². The Bertz CT molecular complexity index is 2950. The van der Waals surface area contributed by atoms with Crippen molar-refractivity contribution in [3.05, 3.63) is 129 Å². The maximum Gasteiger partial charge on any atom is 0.251 e. The number of nitrogens with zero attached hydrogens (tertiary/aromatic N) is 4. The second-order valence-electron chi connectivity index (χ2n) is 18.8. The van der Waals surface area contributed by atoms with Gasteiger partial charge in [0.2, 0.25) is 23.6 Å². The number of fused-ring (bicyclic) bond motifs is 4. The summed E-state index contributed by atoms with van der Waals surface area (Å²) in [5.41, 5.74) is 3.58. The molecule has 0 unspecified atom stereocenters. The molecular weight excluding hydrogens is 1080 g/mol. The molecule has 0 fully saturated rings. The number of hydrogen-bond acceptors (Lipinski definition) is 10. The third-order valence-electron chi connectivity index (χ3n) is 14.1. The predicted molar refractivity (Wildman–Crippen MR) is 300 cm³/mol. The number of amides is 6. The predicted octanol–water partition coefficient (Wildman–Crippen LogP) is 8.13. The number of carbonyl (C=O) groups excluding carboxylic acids is 6. The molecule has 16 nitrogen and oxygen atoms in total. The fourth-order valence-electron chi connectivity index (χ4n) is 9.76. The zero-order valence-corrected chi connectivity index (χ0v) is 46.0. The average molecular weight is 1150 g/mol. The van der Waals surface area contributed by atoms with Crippen molar-refractivity contribution in [3.63, 3.8) is 0 Å². The van der Waals surface area contributed by atoms with Gasteiger partial charge < -0.3 is 50.3 Å². The van der Waals surface area contributed by atoms with Crippen molar-refractivity contribution in [1.29, 1.82) is 0 Å². The van der Waals surface area contributed by atoms with E-state index in [1.165, 1.54) is 0 Å². The van der Waals surface area contributed by atoms with Gasteiger partial charge in [0.05, 0.1) is 75.2 Å². The molecule has 6 aromatic carbocycles. The first-order chi connectivity index (χ1) is 36.1. The van der Waals surface area contributed by atoms with Gasteiger partial charge in [-0.25, -0.2) is 0 Å². The molecule has 0 aliphatic carbocycles. The number of halogens is 2. The zero-order chi connectivity index (χ0) is 53.5. The van der Waals surface area contributed by atoms with Gasteiger partial charge in [0.25, 0.3) is 11.8 Å². The van der Waals surface area contributed by atoms with E-state index >= 15 is 0 Å². The van der Waals surface area contributed by atoms with E-state index in [1.54, 1.807) is 73.9 Å². The van der Waals surface area contributed by atoms with E-state index in [0.717, 1.165) is 41.6 Å². The second-order valence-corrected chi connectivity index (χ2v) is 20.6. The van der Waals surface area contributed by atoms with Crippen LogP contribution in [0.3, 0.4) is 0 Å². The lowest BCUT2D eigenvalue weighted by atomic mass is 10.0. The van der Waals surface area contributed by atoms with Crippen molar-refractivity contribution in [1.82, 2.24) is 21.3 Å². The minimum atomic E-state index is -1.09. The largest absolute Gasteiger partial charge is 0.496 e. The molecule has 0 aromatic heterocycles. The van der Waals surface area contributed by atoms with Crippen LogP contribution in [0.4, 0.5) is 22.7 Å². The molecule has 6 amide bonds. The molecule has 0 bridgehead atoms. The maximum atomic E-state index is 14.8. The van der Waals surface area contributed by atoms with Crippen LogP contribution in [0.25, 0.3) is 21.5 Å². The molecule has 6 aromatic rings. The highest BCUT2D eigenvalue weighted by molar-refractivity contribution is 9.10. The number of para-hydroxylation sites is 4. The van der Waals surface area contributed by atoms with Crippen molar-refractivity contribution in [2.75, 3.05) is 61.0 Å². The van der Waals surface area contributed by atoms with E-state index in [2.05, 4.69) is 53.1 Å². The first kappa shape index (κ1) is 54.4. The second kappa shape index (κ2) is 24.2. The molecule has 0 radical (unpaired) electrons. The van der Waals surface area contributed by atoms with E-state index in [-0.39, 0.29) is 62.6 Å². The lowest BCUT2D eigenvalue weighted by Crippen LogP contribution is -2.55. The molecule has 2 aliphatic heterocycles. The van der Waals surface area contributed by atoms with Gasteiger partial charge in [-0.15, -0.1) is 0 Å². The average Bonchev–Trinajstić information content (AvgIpc) is 3.60. The van der Waals surface area contributed by atoms with E-state index in [9.17, 15) is 28.8 Å². The molecule has 392 valence electrons. The third kappa shape index (κ3) is 11.8. The number of rotatable bonds is 18. The van der Waals surface area contributed by atoms with Gasteiger partial charge >= 0.3 is 0 Å². The lowest BCUT2D eigenvalue weighted by Gasteiger charge is -2.27. The van der Waals surface area contributed by atoms with Crippen LogP contribution >= 0.6 is 31.9 Å². The van der Waals surface area contributed by atoms with Crippen molar-refractivity contribution in [3.8, 4) is 11.5 Å². The Morgan fingerprint density at radius 3 is 1.32 bits per heavy atom. The molecule has 4 atom stereocenters. The molecular formula is C57H62Br2N8O8. The van der Waals surface area contributed by atoms with Crippen LogP contribution in [0.1, 0.15) is 57.1 Å². The monoisotopic (exact) mass is 1140 g/mol. The number of methoxy groups -OCH3 is 2. The fraction of sp³-hybridized carbons (Fsp3) is 0.333. The Morgan fingerprint density at radius 1 is 0.560 bits per heavy atom. The number of benzene rings is 6. The van der Waals surface area contributed by atoms with Crippen molar-refractivity contribution < 1.29 is 38.2 Å². The van der Waals surface area contributed by atoms with Crippen molar-refractivity contribution in [2.45, 2.75) is 83.2 Å². The number of hydrogen-bond donors (Lipinski definition) is 4. The summed E-state index contributed by atoms with van der Waals surface area (Å²) in [5, 5.41) is 15.4.